The number of nitrogens with zero attached hydrogens (tertiary/aromatic N) is 3. The lowest BCUT2D eigenvalue weighted by atomic mass is 10.3. The lowest BCUT2D eigenvalue weighted by Gasteiger charge is -2.12. The molecule has 0 radical (unpaired) electrons. The fraction of sp³-hybridized carbons (Fsp3) is 0.467. The standard InChI is InChI=1S/C15H20N4O3S2/c1-5-10(23-15-16-7-8-19(15)4)12(20)18-14-17-9(3)11(24-14)13(21)22-6-2/h7-8,10H,5-6H2,1-4H3,(H,17,18,20)/t10-/m1/s1. The zero-order valence-corrected chi connectivity index (χ0v) is 15.7. The molecule has 24 heavy (non-hydrogen) atoms. The number of aryl methyl sites for hydroxylation is 2. The van der Waals surface area contributed by atoms with E-state index < -0.39 is 5.97 Å². The van der Waals surface area contributed by atoms with E-state index in [4.69, 9.17) is 4.74 Å². The minimum absolute atomic E-state index is 0.158. The second-order valence-corrected chi connectivity index (χ2v) is 7.15. The van der Waals surface area contributed by atoms with E-state index >= 15 is 0 Å². The van der Waals surface area contributed by atoms with Crippen LogP contribution in [0, 0.1) is 6.92 Å². The topological polar surface area (TPSA) is 86.1 Å². The molecule has 2 aromatic rings. The first-order valence-electron chi connectivity index (χ1n) is 7.55. The van der Waals surface area contributed by atoms with Crippen LogP contribution in [0.3, 0.4) is 0 Å². The quantitative estimate of drug-likeness (QED) is 0.597. The molecule has 1 atom stereocenters. The highest BCUT2D eigenvalue weighted by atomic mass is 32.2. The number of amides is 1. The maximum Gasteiger partial charge on any atom is 0.350 e. The van der Waals surface area contributed by atoms with Crippen molar-refractivity contribution >= 4 is 40.1 Å². The van der Waals surface area contributed by atoms with Crippen LogP contribution < -0.4 is 5.32 Å². The van der Waals surface area contributed by atoms with Crippen molar-refractivity contribution in [3.05, 3.63) is 23.0 Å². The lowest BCUT2D eigenvalue weighted by Crippen LogP contribution is -2.24. The van der Waals surface area contributed by atoms with Gasteiger partial charge < -0.3 is 14.6 Å². The minimum atomic E-state index is -0.414. The van der Waals surface area contributed by atoms with Crippen molar-refractivity contribution in [2.24, 2.45) is 7.05 Å². The smallest absolute Gasteiger partial charge is 0.350 e. The number of hydrogen-bond donors (Lipinski definition) is 1. The van der Waals surface area contributed by atoms with Gasteiger partial charge in [0.25, 0.3) is 0 Å². The Morgan fingerprint density at radius 2 is 2.21 bits per heavy atom. The normalized spacial score (nSPS) is 12.0. The van der Waals surface area contributed by atoms with Gasteiger partial charge in [-0.1, -0.05) is 30.0 Å². The van der Waals surface area contributed by atoms with Gasteiger partial charge in [0.15, 0.2) is 10.3 Å². The van der Waals surface area contributed by atoms with Gasteiger partial charge in [0.05, 0.1) is 17.6 Å². The SMILES string of the molecule is CCOC(=O)c1sc(NC(=O)[C@@H](CC)Sc2nccn2C)nc1C. The number of carbonyl (C=O) groups excluding carboxylic acids is 2. The maximum atomic E-state index is 12.5. The highest BCUT2D eigenvalue weighted by Crippen LogP contribution is 2.27. The molecule has 130 valence electrons. The Morgan fingerprint density at radius 3 is 2.79 bits per heavy atom. The third-order valence-corrected chi connectivity index (χ3v) is 5.66. The summed E-state index contributed by atoms with van der Waals surface area (Å²) in [4.78, 5) is 33.2. The summed E-state index contributed by atoms with van der Waals surface area (Å²) in [6.07, 6.45) is 4.18. The zero-order valence-electron chi connectivity index (χ0n) is 14.0. The van der Waals surface area contributed by atoms with Crippen molar-refractivity contribution in [1.82, 2.24) is 14.5 Å². The number of hydrogen-bond acceptors (Lipinski definition) is 7. The lowest BCUT2D eigenvalue weighted by molar-refractivity contribution is -0.115. The molecule has 2 rings (SSSR count). The van der Waals surface area contributed by atoms with Gasteiger partial charge in [-0.05, 0) is 20.3 Å². The summed E-state index contributed by atoms with van der Waals surface area (Å²) in [5.41, 5.74) is 0.554. The molecule has 0 bridgehead atoms. The first kappa shape index (κ1) is 18.5. The summed E-state index contributed by atoms with van der Waals surface area (Å²) in [5.74, 6) is -0.572. The average Bonchev–Trinajstić information content (AvgIpc) is 3.10. The van der Waals surface area contributed by atoms with Gasteiger partial charge in [-0.2, -0.15) is 0 Å². The number of ether oxygens (including phenoxy) is 1. The molecule has 0 fully saturated rings. The number of carbonyl (C=O) groups is 2. The molecule has 2 aromatic heterocycles. The van der Waals surface area contributed by atoms with Crippen molar-refractivity contribution in [3.8, 4) is 0 Å². The van der Waals surface area contributed by atoms with Crippen LogP contribution in [0.15, 0.2) is 17.6 Å². The van der Waals surface area contributed by atoms with E-state index in [2.05, 4.69) is 15.3 Å². The van der Waals surface area contributed by atoms with Crippen molar-refractivity contribution in [2.75, 3.05) is 11.9 Å². The summed E-state index contributed by atoms with van der Waals surface area (Å²) in [5, 5.41) is 3.68. The largest absolute Gasteiger partial charge is 0.462 e. The van der Waals surface area contributed by atoms with E-state index in [1.165, 1.54) is 11.8 Å². The minimum Gasteiger partial charge on any atom is -0.462 e. The van der Waals surface area contributed by atoms with Gasteiger partial charge in [-0.25, -0.2) is 14.8 Å². The summed E-state index contributed by atoms with van der Waals surface area (Å²) in [7, 11) is 1.88. The first-order valence-corrected chi connectivity index (χ1v) is 9.25. The Balaban J connectivity index is 2.06. The Morgan fingerprint density at radius 1 is 1.46 bits per heavy atom. The molecular formula is C15H20N4O3S2. The molecule has 0 aliphatic rings. The van der Waals surface area contributed by atoms with Crippen molar-refractivity contribution in [3.63, 3.8) is 0 Å². The number of thioether (sulfide) groups is 1. The zero-order chi connectivity index (χ0) is 17.7. The van der Waals surface area contributed by atoms with Crippen LogP contribution in [-0.2, 0) is 16.6 Å². The van der Waals surface area contributed by atoms with Gasteiger partial charge in [0.1, 0.15) is 4.88 Å². The van der Waals surface area contributed by atoms with Crippen LogP contribution in [0.4, 0.5) is 5.13 Å². The van der Waals surface area contributed by atoms with Gasteiger partial charge in [0.2, 0.25) is 5.91 Å². The summed E-state index contributed by atoms with van der Waals surface area (Å²) >= 11 is 2.53. The second kappa shape index (κ2) is 8.29. The van der Waals surface area contributed by atoms with Gasteiger partial charge in [0, 0.05) is 19.4 Å². The van der Waals surface area contributed by atoms with E-state index in [0.717, 1.165) is 16.5 Å². The van der Waals surface area contributed by atoms with Gasteiger partial charge >= 0.3 is 5.97 Å². The molecule has 2 heterocycles. The summed E-state index contributed by atoms with van der Waals surface area (Å²) in [6, 6.07) is 0. The predicted octanol–water partition coefficient (Wildman–Crippen LogP) is 2.87. The summed E-state index contributed by atoms with van der Waals surface area (Å²) in [6.45, 7) is 5.71. The van der Waals surface area contributed by atoms with E-state index in [-0.39, 0.29) is 11.2 Å². The Hall–Kier alpha value is -1.87. The molecule has 1 amide bonds. The van der Waals surface area contributed by atoms with Crippen LogP contribution in [0.25, 0.3) is 0 Å². The second-order valence-electron chi connectivity index (χ2n) is 4.98. The van der Waals surface area contributed by atoms with Crippen molar-refractivity contribution < 1.29 is 14.3 Å². The first-order chi connectivity index (χ1) is 11.5. The van der Waals surface area contributed by atoms with E-state index in [9.17, 15) is 9.59 Å². The summed E-state index contributed by atoms with van der Waals surface area (Å²) < 4.78 is 6.85. The molecule has 0 saturated carbocycles. The van der Waals surface area contributed by atoms with Crippen LogP contribution in [0.2, 0.25) is 0 Å². The molecule has 9 heteroatoms. The molecule has 0 aromatic carbocycles. The number of esters is 1. The monoisotopic (exact) mass is 368 g/mol. The maximum absolute atomic E-state index is 12.5. The Bertz CT molecular complexity index is 726. The number of thiazole rings is 1. The fourth-order valence-corrected chi connectivity index (χ4v) is 3.74. The fourth-order valence-electron chi connectivity index (χ4n) is 1.94. The van der Waals surface area contributed by atoms with Crippen molar-refractivity contribution in [1.29, 1.82) is 0 Å². The van der Waals surface area contributed by atoms with E-state index in [0.29, 0.717) is 28.7 Å². The number of imidazole rings is 1. The molecule has 0 saturated heterocycles. The molecule has 0 aliphatic carbocycles. The predicted molar refractivity (Wildman–Crippen MR) is 94.6 cm³/mol. The number of aromatic nitrogens is 3. The molecule has 0 unspecified atom stereocenters. The third-order valence-electron chi connectivity index (χ3n) is 3.18. The molecule has 1 N–H and O–H groups in total. The number of anilines is 1. The number of rotatable bonds is 7. The van der Waals surface area contributed by atoms with Crippen LogP contribution in [0.5, 0.6) is 0 Å². The molecule has 0 aliphatic heterocycles. The molecule has 0 spiro atoms. The van der Waals surface area contributed by atoms with Crippen LogP contribution >= 0.6 is 23.1 Å². The van der Waals surface area contributed by atoms with Gasteiger partial charge in [-0.3, -0.25) is 4.79 Å². The highest BCUT2D eigenvalue weighted by Gasteiger charge is 2.23. The van der Waals surface area contributed by atoms with Crippen LogP contribution in [-0.4, -0.2) is 38.3 Å². The Labute approximate surface area is 148 Å². The molecular weight excluding hydrogens is 348 g/mol. The average molecular weight is 368 g/mol. The molecule has 7 nitrogen and oxygen atoms in total. The number of nitrogens with one attached hydrogen (secondary N) is 1. The van der Waals surface area contributed by atoms with Crippen molar-refractivity contribution in [2.45, 2.75) is 37.6 Å². The van der Waals surface area contributed by atoms with E-state index in [1.54, 1.807) is 20.0 Å². The van der Waals surface area contributed by atoms with Crippen LogP contribution in [0.1, 0.15) is 35.6 Å². The van der Waals surface area contributed by atoms with Gasteiger partial charge in [-0.15, -0.1) is 0 Å². The Kier molecular flexibility index (Phi) is 6.38. The highest BCUT2D eigenvalue weighted by molar-refractivity contribution is 8.00. The third kappa shape index (κ3) is 4.35. The van der Waals surface area contributed by atoms with E-state index in [1.807, 2.05) is 24.7 Å².